The molecule has 12 rings (SSSR count). The van der Waals surface area contributed by atoms with Crippen LogP contribution in [0.25, 0.3) is 76.8 Å². The zero-order chi connectivity index (χ0) is 31.1. The summed E-state index contributed by atoms with van der Waals surface area (Å²) >= 11 is 0. The molecule has 0 radical (unpaired) electrons. The number of hydrogen-bond acceptors (Lipinski definition) is 0. The number of fused-ring (bicyclic) bond motifs is 10. The maximum atomic E-state index is 2.68. The highest BCUT2D eigenvalue weighted by atomic mass is 28.3. The number of benzene rings is 8. The Morgan fingerprint density at radius 2 is 0.851 bits per heavy atom. The average molecular weight is 608 g/mol. The topological polar surface area (TPSA) is 0 Å². The van der Waals surface area contributed by atoms with Crippen molar-refractivity contribution < 1.29 is 0 Å². The van der Waals surface area contributed by atoms with Crippen LogP contribution in [0.1, 0.15) is 5.56 Å². The van der Waals surface area contributed by atoms with E-state index in [-0.39, 0.29) is 13.4 Å². The van der Waals surface area contributed by atoms with E-state index in [0.29, 0.717) is 0 Å². The van der Waals surface area contributed by atoms with Crippen LogP contribution in [0.5, 0.6) is 0 Å². The molecule has 8 aromatic rings. The summed E-state index contributed by atoms with van der Waals surface area (Å²) in [5.74, 6) is 0. The summed E-state index contributed by atoms with van der Waals surface area (Å²) in [4.78, 5) is 0. The van der Waals surface area contributed by atoms with Gasteiger partial charge in [-0.2, -0.15) is 0 Å². The number of aryl methyl sites for hydroxylation is 1. The minimum absolute atomic E-state index is 0.269. The van der Waals surface area contributed by atoms with E-state index >= 15 is 0 Å². The van der Waals surface area contributed by atoms with E-state index in [9.17, 15) is 0 Å². The first-order valence-corrected chi connectivity index (χ1v) is 20.7. The zero-order valence-corrected chi connectivity index (χ0v) is 28.0. The monoisotopic (exact) mass is 608 g/mol. The Labute approximate surface area is 276 Å². The van der Waals surface area contributed by atoms with E-state index < -0.39 is 8.07 Å². The van der Waals surface area contributed by atoms with Gasteiger partial charge in [-0.3, -0.25) is 0 Å². The molecule has 0 amide bonds. The third-order valence-corrected chi connectivity index (χ3v) is 14.3. The first-order chi connectivity index (χ1) is 22.9. The smallest absolute Gasteiger partial charge is 0.0664 e. The van der Waals surface area contributed by atoms with Crippen molar-refractivity contribution in [3.63, 3.8) is 0 Å². The molecular weight excluding hydrogens is 578 g/mol. The molecule has 4 aliphatic rings. The van der Waals surface area contributed by atoms with Gasteiger partial charge in [0, 0.05) is 0 Å². The summed E-state index contributed by atoms with van der Waals surface area (Å²) < 4.78 is 0. The van der Waals surface area contributed by atoms with E-state index in [4.69, 9.17) is 0 Å². The first-order valence-electron chi connectivity index (χ1n) is 17.2. The van der Waals surface area contributed by atoms with Crippen LogP contribution in [0, 0.1) is 6.92 Å². The van der Waals surface area contributed by atoms with Crippen molar-refractivity contribution in [1.82, 2.24) is 0 Å². The van der Waals surface area contributed by atoms with Gasteiger partial charge < -0.3 is 0 Å². The molecular formula is C44H30B2Si. The second-order valence-electron chi connectivity index (χ2n) is 15.6. The van der Waals surface area contributed by atoms with Crippen LogP contribution in [0.4, 0.5) is 0 Å². The molecule has 4 heterocycles. The van der Waals surface area contributed by atoms with Crippen molar-refractivity contribution >= 4 is 91.8 Å². The molecule has 0 unspecified atom stereocenters. The van der Waals surface area contributed by atoms with Gasteiger partial charge in [0.05, 0.1) is 8.07 Å². The molecule has 0 nitrogen and oxygen atoms in total. The molecule has 0 saturated heterocycles. The van der Waals surface area contributed by atoms with E-state index in [1.54, 1.807) is 5.19 Å². The zero-order valence-electron chi connectivity index (χ0n) is 27.0. The van der Waals surface area contributed by atoms with Crippen LogP contribution in [0.3, 0.4) is 0 Å². The molecule has 0 aliphatic carbocycles. The average Bonchev–Trinajstić information content (AvgIpc) is 3.60. The molecule has 0 N–H and O–H groups in total. The van der Waals surface area contributed by atoms with Gasteiger partial charge in [-0.15, -0.1) is 0 Å². The molecule has 0 fully saturated rings. The lowest BCUT2D eigenvalue weighted by Gasteiger charge is -2.33. The van der Waals surface area contributed by atoms with Crippen LogP contribution in [0.15, 0.2) is 109 Å². The SMILES string of the molecule is Cc1cc2c3c(cc4c([Si](C)(C)C)cc5c6c(cc1c3c46)B1c3ccccc3-c3cccc-5c31)B1c3ccccc3-c3cccc-2c31. The van der Waals surface area contributed by atoms with Gasteiger partial charge in [-0.1, -0.05) is 167 Å². The summed E-state index contributed by atoms with van der Waals surface area (Å²) in [5.41, 5.74) is 21.8. The van der Waals surface area contributed by atoms with Crippen molar-refractivity contribution in [3.8, 4) is 44.5 Å². The molecule has 0 bridgehead atoms. The van der Waals surface area contributed by atoms with Gasteiger partial charge in [0.2, 0.25) is 13.4 Å². The van der Waals surface area contributed by atoms with Gasteiger partial charge in [-0.25, -0.2) is 0 Å². The van der Waals surface area contributed by atoms with Crippen LogP contribution >= 0.6 is 0 Å². The van der Waals surface area contributed by atoms with Gasteiger partial charge in [-0.05, 0) is 89.3 Å². The summed E-state index contributed by atoms with van der Waals surface area (Å²) in [7, 11) is -1.77. The Hall–Kier alpha value is -4.85. The first kappa shape index (κ1) is 25.3. The van der Waals surface area contributed by atoms with Gasteiger partial charge in [0.1, 0.15) is 0 Å². The predicted molar refractivity (Wildman–Crippen MR) is 209 cm³/mol. The molecule has 216 valence electrons. The summed E-state index contributed by atoms with van der Waals surface area (Å²) in [6.07, 6.45) is 0. The van der Waals surface area contributed by atoms with Gasteiger partial charge in [0.25, 0.3) is 0 Å². The number of hydrogen-bond donors (Lipinski definition) is 0. The molecule has 3 heteroatoms. The molecule has 4 aliphatic heterocycles. The van der Waals surface area contributed by atoms with Crippen molar-refractivity contribution in [1.29, 1.82) is 0 Å². The molecule has 0 spiro atoms. The van der Waals surface area contributed by atoms with Gasteiger partial charge >= 0.3 is 0 Å². The highest BCUT2D eigenvalue weighted by Gasteiger charge is 2.44. The molecule has 0 saturated carbocycles. The second kappa shape index (κ2) is 7.98. The van der Waals surface area contributed by atoms with Crippen LogP contribution < -0.4 is 38.0 Å². The van der Waals surface area contributed by atoms with Crippen molar-refractivity contribution in [2.75, 3.05) is 0 Å². The third-order valence-electron chi connectivity index (χ3n) is 12.3. The molecule has 8 aromatic carbocycles. The molecule has 0 aromatic heterocycles. The highest BCUT2D eigenvalue weighted by Crippen LogP contribution is 2.47. The van der Waals surface area contributed by atoms with E-state index in [2.05, 4.69) is 136 Å². The lowest BCUT2D eigenvalue weighted by atomic mass is 9.34. The normalized spacial score (nSPS) is 14.3. The van der Waals surface area contributed by atoms with Crippen molar-refractivity contribution in [3.05, 3.63) is 115 Å². The lowest BCUT2D eigenvalue weighted by molar-refractivity contribution is 1.54. The van der Waals surface area contributed by atoms with Crippen molar-refractivity contribution in [2.45, 2.75) is 26.6 Å². The van der Waals surface area contributed by atoms with Gasteiger partial charge in [0.15, 0.2) is 0 Å². The fourth-order valence-corrected chi connectivity index (χ4v) is 12.2. The minimum Gasteiger partial charge on any atom is -0.0664 e. The van der Waals surface area contributed by atoms with E-state index in [1.807, 2.05) is 0 Å². The largest absolute Gasteiger partial charge is 0.244 e. The van der Waals surface area contributed by atoms with Crippen LogP contribution in [0.2, 0.25) is 19.6 Å². The quantitative estimate of drug-likeness (QED) is 0.150. The highest BCUT2D eigenvalue weighted by molar-refractivity contribution is 7.03. The minimum atomic E-state index is -1.77. The Kier molecular flexibility index (Phi) is 4.29. The maximum absolute atomic E-state index is 2.68. The Morgan fingerprint density at radius 3 is 1.40 bits per heavy atom. The summed E-state index contributed by atoms with van der Waals surface area (Å²) in [5, 5.41) is 10.5. The second-order valence-corrected chi connectivity index (χ2v) is 20.6. The Bertz CT molecular complexity index is 2790. The van der Waals surface area contributed by atoms with E-state index in [1.165, 1.54) is 115 Å². The fraction of sp³-hybridized carbons (Fsp3) is 0.0909. The summed E-state index contributed by atoms with van der Waals surface area (Å²) in [6.45, 7) is 10.5. The Morgan fingerprint density at radius 1 is 0.404 bits per heavy atom. The van der Waals surface area contributed by atoms with Crippen molar-refractivity contribution in [2.24, 2.45) is 0 Å². The predicted octanol–water partition coefficient (Wildman–Crippen LogP) is 6.39. The third kappa shape index (κ3) is 2.76. The maximum Gasteiger partial charge on any atom is 0.244 e. The standard InChI is InChI=1S/C44H30B2Si/c1-23-19-31-28-15-9-13-26-24-11-6-8-18-35(24)46(43(26)28)37-21-33-38(47(2,3)4)22-32-29-16-10-14-27-25-12-5-7-17-34(25)45(44(27)29)36-20-30(23)41(39(31)37)42(33)40(32)36/h5-22H,1-4H3. The molecule has 0 atom stereocenters. The summed E-state index contributed by atoms with van der Waals surface area (Å²) in [6, 6.07) is 43.0. The molecule has 47 heavy (non-hydrogen) atoms. The van der Waals surface area contributed by atoms with E-state index in [0.717, 1.165) is 0 Å². The fourth-order valence-electron chi connectivity index (χ4n) is 10.6. The Balaban J connectivity index is 1.34. The number of rotatable bonds is 1. The lowest BCUT2D eigenvalue weighted by Crippen LogP contribution is -2.53. The van der Waals surface area contributed by atoms with Crippen LogP contribution in [-0.2, 0) is 0 Å². The van der Waals surface area contributed by atoms with Crippen LogP contribution in [-0.4, -0.2) is 21.5 Å².